The summed E-state index contributed by atoms with van der Waals surface area (Å²) in [6, 6.07) is 21.4. The fraction of sp³-hybridized carbons (Fsp3) is 0.0714. The highest BCUT2D eigenvalue weighted by molar-refractivity contribution is 9.10. The third-order valence-corrected chi connectivity index (χ3v) is 6.88. The van der Waals surface area contributed by atoms with Gasteiger partial charge in [0.25, 0.3) is 11.8 Å². The van der Waals surface area contributed by atoms with Crippen LogP contribution in [-0.4, -0.2) is 23.6 Å². The van der Waals surface area contributed by atoms with Crippen LogP contribution in [0.3, 0.4) is 0 Å². The molecule has 0 spiro atoms. The average molecular weight is 606 g/mol. The summed E-state index contributed by atoms with van der Waals surface area (Å²) in [7, 11) is 0. The second-order valence-corrected chi connectivity index (χ2v) is 10.2. The van der Waals surface area contributed by atoms with E-state index in [9.17, 15) is 19.2 Å². The third kappa shape index (κ3) is 4.74. The minimum absolute atomic E-state index is 0.0270. The summed E-state index contributed by atoms with van der Waals surface area (Å²) in [6.45, 7) is 0. The molecule has 8 heteroatoms. The zero-order chi connectivity index (χ0) is 25.4. The highest BCUT2D eigenvalue weighted by Crippen LogP contribution is 2.31. The molecular formula is C28H18Br2N2O4. The van der Waals surface area contributed by atoms with E-state index in [2.05, 4.69) is 31.9 Å². The molecule has 4 amide bonds. The van der Waals surface area contributed by atoms with Crippen LogP contribution < -0.4 is 9.80 Å². The van der Waals surface area contributed by atoms with Crippen molar-refractivity contribution in [2.45, 2.75) is 12.8 Å². The maximum absolute atomic E-state index is 12.9. The summed E-state index contributed by atoms with van der Waals surface area (Å²) in [6.07, 6.45) is 3.46. The summed E-state index contributed by atoms with van der Waals surface area (Å²) in [5.41, 5.74) is 3.39. The van der Waals surface area contributed by atoms with Crippen LogP contribution in [0.25, 0.3) is 12.2 Å². The number of carbonyl (C=O) groups is 4. The van der Waals surface area contributed by atoms with E-state index in [0.29, 0.717) is 22.5 Å². The molecule has 178 valence electrons. The zero-order valence-electron chi connectivity index (χ0n) is 18.8. The SMILES string of the molecule is O=C1CC(=Cc2ccc(C=C3CC(=O)N(c4cccc(Br)c4)C3=O)cc2)C(=O)N1c1cccc(Br)c1. The maximum Gasteiger partial charge on any atom is 0.261 e. The molecule has 0 atom stereocenters. The van der Waals surface area contributed by atoms with Crippen molar-refractivity contribution in [3.8, 4) is 0 Å². The summed E-state index contributed by atoms with van der Waals surface area (Å²) in [5.74, 6) is -1.23. The highest BCUT2D eigenvalue weighted by atomic mass is 79.9. The van der Waals surface area contributed by atoms with Crippen LogP contribution in [0.15, 0.2) is 92.9 Å². The molecule has 6 nitrogen and oxygen atoms in total. The van der Waals surface area contributed by atoms with Gasteiger partial charge in [-0.2, -0.15) is 0 Å². The Hall–Kier alpha value is -3.62. The fourth-order valence-electron chi connectivity index (χ4n) is 4.22. The third-order valence-electron chi connectivity index (χ3n) is 5.89. The monoisotopic (exact) mass is 604 g/mol. The Labute approximate surface area is 224 Å². The Morgan fingerprint density at radius 1 is 0.583 bits per heavy atom. The zero-order valence-corrected chi connectivity index (χ0v) is 22.0. The Bertz CT molecular complexity index is 1380. The number of nitrogens with zero attached hydrogens (tertiary/aromatic N) is 2. The number of imide groups is 2. The Kier molecular flexibility index (Phi) is 6.55. The van der Waals surface area contributed by atoms with Crippen LogP contribution in [0.2, 0.25) is 0 Å². The molecule has 2 saturated heterocycles. The van der Waals surface area contributed by atoms with E-state index in [1.54, 1.807) is 48.6 Å². The van der Waals surface area contributed by atoms with Gasteiger partial charge in [-0.3, -0.25) is 19.2 Å². The normalized spacial score (nSPS) is 18.3. The first-order valence-electron chi connectivity index (χ1n) is 11.1. The Morgan fingerprint density at radius 3 is 1.33 bits per heavy atom. The minimum Gasteiger partial charge on any atom is -0.274 e. The van der Waals surface area contributed by atoms with E-state index in [1.807, 2.05) is 36.4 Å². The van der Waals surface area contributed by atoms with Gasteiger partial charge in [0.1, 0.15) is 0 Å². The molecule has 2 aliphatic rings. The van der Waals surface area contributed by atoms with Crippen LogP contribution in [0.5, 0.6) is 0 Å². The Morgan fingerprint density at radius 2 is 0.972 bits per heavy atom. The molecule has 0 aliphatic carbocycles. The number of hydrogen-bond donors (Lipinski definition) is 0. The van der Waals surface area contributed by atoms with Crippen molar-refractivity contribution in [1.82, 2.24) is 0 Å². The van der Waals surface area contributed by atoms with Gasteiger partial charge in [0.2, 0.25) is 11.8 Å². The fourth-order valence-corrected chi connectivity index (χ4v) is 4.99. The molecule has 0 aromatic heterocycles. The molecule has 0 unspecified atom stereocenters. The number of hydrogen-bond acceptors (Lipinski definition) is 4. The van der Waals surface area contributed by atoms with E-state index < -0.39 is 0 Å². The molecule has 0 bridgehead atoms. The molecule has 0 radical (unpaired) electrons. The van der Waals surface area contributed by atoms with Gasteiger partial charge < -0.3 is 0 Å². The summed E-state index contributed by atoms with van der Waals surface area (Å²) in [5, 5.41) is 0. The number of rotatable bonds is 4. The van der Waals surface area contributed by atoms with Crippen molar-refractivity contribution in [2.24, 2.45) is 0 Å². The minimum atomic E-state index is -0.341. The van der Waals surface area contributed by atoms with E-state index in [0.717, 1.165) is 20.1 Å². The lowest BCUT2D eigenvalue weighted by atomic mass is 10.1. The standard InChI is InChI=1S/C28H18Br2N2O4/c29-21-3-1-5-23(15-21)31-25(33)13-19(27(31)35)11-17-7-9-18(10-8-17)12-20-14-26(34)32(28(20)36)24-6-2-4-22(30)16-24/h1-12,15-16H,13-14H2. The van der Waals surface area contributed by atoms with E-state index in [-0.39, 0.29) is 36.5 Å². The average Bonchev–Trinajstić information content (AvgIpc) is 3.28. The summed E-state index contributed by atoms with van der Waals surface area (Å²) >= 11 is 6.74. The quantitative estimate of drug-likeness (QED) is 0.274. The van der Waals surface area contributed by atoms with Crippen LogP contribution in [0.4, 0.5) is 11.4 Å². The van der Waals surface area contributed by atoms with Gasteiger partial charge in [0.05, 0.1) is 24.2 Å². The van der Waals surface area contributed by atoms with Crippen molar-refractivity contribution >= 4 is 79.0 Å². The smallest absolute Gasteiger partial charge is 0.261 e. The van der Waals surface area contributed by atoms with Gasteiger partial charge in [-0.05, 0) is 59.7 Å². The van der Waals surface area contributed by atoms with Gasteiger partial charge in [0, 0.05) is 20.1 Å². The molecule has 2 aliphatic heterocycles. The van der Waals surface area contributed by atoms with Crippen LogP contribution in [0, 0.1) is 0 Å². The van der Waals surface area contributed by atoms with Crippen LogP contribution in [0.1, 0.15) is 24.0 Å². The summed E-state index contributed by atoms with van der Waals surface area (Å²) < 4.78 is 1.56. The number of halogens is 2. The predicted octanol–water partition coefficient (Wildman–Crippen LogP) is 5.91. The van der Waals surface area contributed by atoms with Crippen LogP contribution >= 0.6 is 31.9 Å². The molecule has 5 rings (SSSR count). The van der Waals surface area contributed by atoms with Crippen molar-refractivity contribution in [3.63, 3.8) is 0 Å². The molecule has 3 aromatic carbocycles. The van der Waals surface area contributed by atoms with Crippen molar-refractivity contribution < 1.29 is 19.2 Å². The van der Waals surface area contributed by atoms with E-state index >= 15 is 0 Å². The van der Waals surface area contributed by atoms with Crippen molar-refractivity contribution in [2.75, 3.05) is 9.80 Å². The number of benzene rings is 3. The largest absolute Gasteiger partial charge is 0.274 e. The topological polar surface area (TPSA) is 74.8 Å². The molecule has 2 fully saturated rings. The number of anilines is 2. The number of carbonyl (C=O) groups excluding carboxylic acids is 4. The van der Waals surface area contributed by atoms with Gasteiger partial charge >= 0.3 is 0 Å². The molecule has 0 saturated carbocycles. The first kappa shape index (κ1) is 24.1. The summed E-state index contributed by atoms with van der Waals surface area (Å²) in [4.78, 5) is 53.2. The maximum atomic E-state index is 12.9. The van der Waals surface area contributed by atoms with Crippen molar-refractivity contribution in [3.05, 3.63) is 104 Å². The first-order valence-corrected chi connectivity index (χ1v) is 12.7. The van der Waals surface area contributed by atoms with Gasteiger partial charge in [-0.25, -0.2) is 9.80 Å². The van der Waals surface area contributed by atoms with Crippen molar-refractivity contribution in [1.29, 1.82) is 0 Å². The van der Waals surface area contributed by atoms with Gasteiger partial charge in [-0.1, -0.05) is 68.3 Å². The lowest BCUT2D eigenvalue weighted by molar-refractivity contribution is -0.122. The molecule has 3 aromatic rings. The Balaban J connectivity index is 1.34. The van der Waals surface area contributed by atoms with E-state index in [4.69, 9.17) is 0 Å². The molecular weight excluding hydrogens is 588 g/mol. The van der Waals surface area contributed by atoms with Gasteiger partial charge in [-0.15, -0.1) is 0 Å². The van der Waals surface area contributed by atoms with E-state index in [1.165, 1.54) is 9.80 Å². The molecule has 2 heterocycles. The number of amides is 4. The molecule has 0 N–H and O–H groups in total. The van der Waals surface area contributed by atoms with Crippen LogP contribution in [-0.2, 0) is 19.2 Å². The first-order chi connectivity index (χ1) is 17.3. The van der Waals surface area contributed by atoms with Gasteiger partial charge in [0.15, 0.2) is 0 Å². The lowest BCUT2D eigenvalue weighted by Crippen LogP contribution is -2.28. The second-order valence-electron chi connectivity index (χ2n) is 8.39. The lowest BCUT2D eigenvalue weighted by Gasteiger charge is -2.13. The molecule has 36 heavy (non-hydrogen) atoms. The highest BCUT2D eigenvalue weighted by Gasteiger charge is 2.36. The second kappa shape index (κ2) is 9.79. The predicted molar refractivity (Wildman–Crippen MR) is 145 cm³/mol.